The number of likely N-dealkylation sites (N-methyl/N-ethyl adjacent to an activating group) is 1. The van der Waals surface area contributed by atoms with Crippen LogP contribution in [0.4, 0.5) is 0 Å². The van der Waals surface area contributed by atoms with Gasteiger partial charge >= 0.3 is 5.97 Å². The van der Waals surface area contributed by atoms with Crippen LogP contribution in [0.5, 0.6) is 5.75 Å². The smallest absolute Gasteiger partial charge is 0.354 e. The highest BCUT2D eigenvalue weighted by molar-refractivity contribution is 5.86. The molecule has 0 amide bonds. The standard InChI is InChI=1S/C28H28N4O3/c1-18-7-10-26(35-17-19-8-9-21-16-31(2)12-11-20(21)14-19)22(13-18)23-5-4-6-24(30-23)27-29-15-25(28(33)34)32(27)3/h4-10,13-15H,11-12,16-17H2,1-3H3,(H,33,34). The summed E-state index contributed by atoms with van der Waals surface area (Å²) in [5, 5.41) is 9.36. The summed E-state index contributed by atoms with van der Waals surface area (Å²) in [6, 6.07) is 18.4. The van der Waals surface area contributed by atoms with Crippen LogP contribution in [0, 0.1) is 6.92 Å². The van der Waals surface area contributed by atoms with Gasteiger partial charge in [-0.25, -0.2) is 14.8 Å². The number of pyridine rings is 1. The number of benzene rings is 2. The number of hydrogen-bond acceptors (Lipinski definition) is 5. The van der Waals surface area contributed by atoms with E-state index >= 15 is 0 Å². The van der Waals surface area contributed by atoms with Gasteiger partial charge in [-0.05, 0) is 61.3 Å². The highest BCUT2D eigenvalue weighted by atomic mass is 16.5. The number of aromatic carboxylic acids is 1. The molecule has 0 atom stereocenters. The predicted octanol–water partition coefficient (Wildman–Crippen LogP) is 4.72. The topological polar surface area (TPSA) is 80.5 Å². The van der Waals surface area contributed by atoms with E-state index < -0.39 is 5.97 Å². The Bertz CT molecular complexity index is 1410. The highest BCUT2D eigenvalue weighted by Gasteiger charge is 2.17. The summed E-state index contributed by atoms with van der Waals surface area (Å²) in [5.41, 5.74) is 7.39. The van der Waals surface area contributed by atoms with Gasteiger partial charge in [0, 0.05) is 25.7 Å². The Morgan fingerprint density at radius 3 is 2.69 bits per heavy atom. The minimum Gasteiger partial charge on any atom is -0.488 e. The second-order valence-electron chi connectivity index (χ2n) is 9.12. The molecule has 7 heteroatoms. The zero-order chi connectivity index (χ0) is 24.5. The van der Waals surface area contributed by atoms with E-state index in [0.717, 1.165) is 47.6 Å². The fourth-order valence-corrected chi connectivity index (χ4v) is 4.52. The summed E-state index contributed by atoms with van der Waals surface area (Å²) in [6.45, 7) is 4.58. The summed E-state index contributed by atoms with van der Waals surface area (Å²) in [5.74, 6) is 0.230. The van der Waals surface area contributed by atoms with Gasteiger partial charge in [0.15, 0.2) is 5.82 Å². The van der Waals surface area contributed by atoms with E-state index in [9.17, 15) is 9.90 Å². The molecule has 0 spiro atoms. The molecule has 0 fully saturated rings. The number of aryl methyl sites for hydroxylation is 1. The van der Waals surface area contributed by atoms with Crippen molar-refractivity contribution < 1.29 is 14.6 Å². The number of rotatable bonds is 6. The van der Waals surface area contributed by atoms with E-state index in [1.165, 1.54) is 21.9 Å². The first-order chi connectivity index (χ1) is 16.9. The van der Waals surface area contributed by atoms with Crippen LogP contribution < -0.4 is 4.74 Å². The number of hydrogen-bond donors (Lipinski definition) is 1. The van der Waals surface area contributed by atoms with Gasteiger partial charge in [0.05, 0.1) is 11.9 Å². The minimum atomic E-state index is -1.02. The normalized spacial score (nSPS) is 13.5. The molecule has 0 radical (unpaired) electrons. The first-order valence-electron chi connectivity index (χ1n) is 11.6. The largest absolute Gasteiger partial charge is 0.488 e. The molecule has 0 saturated carbocycles. The van der Waals surface area contributed by atoms with Crippen molar-refractivity contribution in [3.63, 3.8) is 0 Å². The van der Waals surface area contributed by atoms with Crippen molar-refractivity contribution >= 4 is 5.97 Å². The highest BCUT2D eigenvalue weighted by Crippen LogP contribution is 2.32. The predicted molar refractivity (Wildman–Crippen MR) is 134 cm³/mol. The third-order valence-electron chi connectivity index (χ3n) is 6.46. The minimum absolute atomic E-state index is 0.114. The van der Waals surface area contributed by atoms with E-state index in [-0.39, 0.29) is 5.69 Å². The lowest BCUT2D eigenvalue weighted by molar-refractivity contribution is 0.0686. The number of imidazole rings is 1. The number of ether oxygens (including phenoxy) is 1. The van der Waals surface area contributed by atoms with Crippen molar-refractivity contribution in [1.29, 1.82) is 0 Å². The van der Waals surface area contributed by atoms with Crippen molar-refractivity contribution in [1.82, 2.24) is 19.4 Å². The summed E-state index contributed by atoms with van der Waals surface area (Å²) < 4.78 is 7.84. The first kappa shape index (κ1) is 22.8. The fraction of sp³-hybridized carbons (Fsp3) is 0.250. The van der Waals surface area contributed by atoms with Crippen LogP contribution >= 0.6 is 0 Å². The Balaban J connectivity index is 1.43. The van der Waals surface area contributed by atoms with Crippen LogP contribution in [-0.2, 0) is 26.6 Å². The maximum absolute atomic E-state index is 11.4. The number of aromatic nitrogens is 3. The maximum Gasteiger partial charge on any atom is 0.354 e. The lowest BCUT2D eigenvalue weighted by atomic mass is 9.98. The SMILES string of the molecule is Cc1ccc(OCc2ccc3c(c2)CCN(C)C3)c(-c2cccc(-c3ncc(C(=O)O)n3C)n2)c1. The number of carboxylic acids is 1. The van der Waals surface area contributed by atoms with Gasteiger partial charge in [0.25, 0.3) is 0 Å². The molecule has 35 heavy (non-hydrogen) atoms. The molecule has 1 aliphatic heterocycles. The molecule has 2 aromatic carbocycles. The van der Waals surface area contributed by atoms with Crippen molar-refractivity contribution in [2.24, 2.45) is 7.05 Å². The van der Waals surface area contributed by atoms with Crippen LogP contribution in [0.3, 0.4) is 0 Å². The van der Waals surface area contributed by atoms with Gasteiger partial charge in [0.1, 0.15) is 23.7 Å². The Morgan fingerprint density at radius 2 is 1.89 bits per heavy atom. The van der Waals surface area contributed by atoms with E-state index in [1.807, 2.05) is 37.3 Å². The quantitative estimate of drug-likeness (QED) is 0.441. The molecule has 0 unspecified atom stereocenters. The van der Waals surface area contributed by atoms with Gasteiger partial charge in [-0.2, -0.15) is 0 Å². The van der Waals surface area contributed by atoms with Crippen LogP contribution in [0.15, 0.2) is 60.8 Å². The average molecular weight is 469 g/mol. The summed E-state index contributed by atoms with van der Waals surface area (Å²) >= 11 is 0. The molecule has 1 N–H and O–H groups in total. The zero-order valence-corrected chi connectivity index (χ0v) is 20.2. The third-order valence-corrected chi connectivity index (χ3v) is 6.46. The molecule has 0 bridgehead atoms. The Morgan fingerprint density at radius 1 is 1.06 bits per heavy atom. The molecule has 4 aromatic rings. The molecule has 7 nitrogen and oxygen atoms in total. The van der Waals surface area contributed by atoms with Gasteiger partial charge < -0.3 is 19.3 Å². The molecule has 2 aromatic heterocycles. The van der Waals surface area contributed by atoms with Crippen LogP contribution in [0.1, 0.15) is 32.7 Å². The number of carbonyl (C=O) groups is 1. The molecule has 1 aliphatic rings. The maximum atomic E-state index is 11.4. The Kier molecular flexibility index (Phi) is 6.09. The number of carboxylic acid groups (broad SMARTS) is 1. The van der Waals surface area contributed by atoms with Crippen LogP contribution in [0.2, 0.25) is 0 Å². The fourth-order valence-electron chi connectivity index (χ4n) is 4.52. The Hall–Kier alpha value is -3.97. The Labute approximate surface area is 204 Å². The average Bonchev–Trinajstić information content (AvgIpc) is 3.25. The second-order valence-corrected chi connectivity index (χ2v) is 9.12. The number of fused-ring (bicyclic) bond motifs is 1. The van der Waals surface area contributed by atoms with Crippen LogP contribution in [0.25, 0.3) is 22.8 Å². The zero-order valence-electron chi connectivity index (χ0n) is 20.2. The monoisotopic (exact) mass is 468 g/mol. The van der Waals surface area contributed by atoms with E-state index in [2.05, 4.69) is 41.2 Å². The van der Waals surface area contributed by atoms with Gasteiger partial charge in [-0.15, -0.1) is 0 Å². The van der Waals surface area contributed by atoms with Crippen molar-refractivity contribution in [3.8, 4) is 28.5 Å². The molecule has 178 valence electrons. The molecule has 0 saturated heterocycles. The second kappa shape index (κ2) is 9.35. The van der Waals surface area contributed by atoms with E-state index in [0.29, 0.717) is 18.1 Å². The summed E-state index contributed by atoms with van der Waals surface area (Å²) in [4.78, 5) is 22.8. The third kappa shape index (κ3) is 4.68. The number of nitrogens with zero attached hydrogens (tertiary/aromatic N) is 4. The lowest BCUT2D eigenvalue weighted by Crippen LogP contribution is -2.26. The van der Waals surface area contributed by atoms with Gasteiger partial charge in [0.2, 0.25) is 0 Å². The molecule has 5 rings (SSSR count). The van der Waals surface area contributed by atoms with Crippen molar-refractivity contribution in [3.05, 3.63) is 88.7 Å². The van der Waals surface area contributed by atoms with Gasteiger partial charge in [-0.3, -0.25) is 0 Å². The molecule has 3 heterocycles. The molecule has 0 aliphatic carbocycles. The van der Waals surface area contributed by atoms with Crippen molar-refractivity contribution in [2.45, 2.75) is 26.5 Å². The molecular weight excluding hydrogens is 440 g/mol. The van der Waals surface area contributed by atoms with Gasteiger partial charge in [-0.1, -0.05) is 35.9 Å². The summed E-state index contributed by atoms with van der Waals surface area (Å²) in [6.07, 6.45) is 2.41. The molecular formula is C28H28N4O3. The van der Waals surface area contributed by atoms with E-state index in [4.69, 9.17) is 9.72 Å². The van der Waals surface area contributed by atoms with Crippen molar-refractivity contribution in [2.75, 3.05) is 13.6 Å². The van der Waals surface area contributed by atoms with Crippen LogP contribution in [-0.4, -0.2) is 44.1 Å². The lowest BCUT2D eigenvalue weighted by Gasteiger charge is -2.25. The summed E-state index contributed by atoms with van der Waals surface area (Å²) in [7, 11) is 3.83. The first-order valence-corrected chi connectivity index (χ1v) is 11.6. The van der Waals surface area contributed by atoms with E-state index in [1.54, 1.807) is 7.05 Å².